The third-order valence-electron chi connectivity index (χ3n) is 3.97. The standard InChI is InChI=1S/C15H18N2/c1-10(11-7-8-11)15(16)13-4-2-6-14-12(13)5-3-9-17-14/h2-6,9-11,15H,7-8,16H2,1H3. The van der Waals surface area contributed by atoms with Gasteiger partial charge in [0.2, 0.25) is 0 Å². The van der Waals surface area contributed by atoms with E-state index in [0.717, 1.165) is 11.4 Å². The Balaban J connectivity index is 2.03. The average Bonchev–Trinajstić information content (AvgIpc) is 3.20. The summed E-state index contributed by atoms with van der Waals surface area (Å²) in [6.45, 7) is 2.28. The molecule has 17 heavy (non-hydrogen) atoms. The Hall–Kier alpha value is -1.41. The van der Waals surface area contributed by atoms with Gasteiger partial charge in [-0.15, -0.1) is 0 Å². The zero-order valence-electron chi connectivity index (χ0n) is 10.1. The molecule has 1 saturated carbocycles. The van der Waals surface area contributed by atoms with Gasteiger partial charge in [-0.25, -0.2) is 0 Å². The maximum absolute atomic E-state index is 6.42. The number of hydrogen-bond donors (Lipinski definition) is 1. The molecule has 3 rings (SSSR count). The van der Waals surface area contributed by atoms with Gasteiger partial charge in [-0.2, -0.15) is 0 Å². The van der Waals surface area contributed by atoms with Gasteiger partial charge in [0, 0.05) is 17.6 Å². The second kappa shape index (κ2) is 4.11. The van der Waals surface area contributed by atoms with Gasteiger partial charge in [-0.05, 0) is 42.4 Å². The molecule has 2 N–H and O–H groups in total. The normalized spacial score (nSPS) is 19.2. The van der Waals surface area contributed by atoms with E-state index in [1.165, 1.54) is 23.8 Å². The molecule has 0 radical (unpaired) electrons. The van der Waals surface area contributed by atoms with Crippen LogP contribution in [0.5, 0.6) is 0 Å². The highest BCUT2D eigenvalue weighted by Gasteiger charge is 2.32. The minimum Gasteiger partial charge on any atom is -0.324 e. The Bertz CT molecular complexity index is 526. The molecule has 0 amide bonds. The number of fused-ring (bicyclic) bond motifs is 1. The fourth-order valence-corrected chi connectivity index (χ4v) is 2.62. The largest absolute Gasteiger partial charge is 0.324 e. The Morgan fingerprint density at radius 2 is 2.06 bits per heavy atom. The SMILES string of the molecule is CC(C1CC1)C(N)c1cccc2ncccc12. The summed E-state index contributed by atoms with van der Waals surface area (Å²) in [7, 11) is 0. The van der Waals surface area contributed by atoms with Crippen LogP contribution in [0.2, 0.25) is 0 Å². The second-order valence-electron chi connectivity index (χ2n) is 5.14. The Kier molecular flexibility index (Phi) is 2.60. The topological polar surface area (TPSA) is 38.9 Å². The van der Waals surface area contributed by atoms with Crippen molar-refractivity contribution < 1.29 is 0 Å². The van der Waals surface area contributed by atoms with E-state index >= 15 is 0 Å². The number of pyridine rings is 1. The third-order valence-corrected chi connectivity index (χ3v) is 3.97. The zero-order chi connectivity index (χ0) is 11.8. The van der Waals surface area contributed by atoms with Crippen molar-refractivity contribution in [3.05, 3.63) is 42.1 Å². The van der Waals surface area contributed by atoms with E-state index in [9.17, 15) is 0 Å². The minimum absolute atomic E-state index is 0.135. The third kappa shape index (κ3) is 1.93. The zero-order valence-corrected chi connectivity index (χ0v) is 10.1. The second-order valence-corrected chi connectivity index (χ2v) is 5.14. The number of rotatable bonds is 3. The summed E-state index contributed by atoms with van der Waals surface area (Å²) in [4.78, 5) is 4.39. The van der Waals surface area contributed by atoms with Crippen molar-refractivity contribution in [3.8, 4) is 0 Å². The fraction of sp³-hybridized carbons (Fsp3) is 0.400. The Morgan fingerprint density at radius 1 is 1.24 bits per heavy atom. The predicted molar refractivity (Wildman–Crippen MR) is 70.6 cm³/mol. The molecule has 2 unspecified atom stereocenters. The Morgan fingerprint density at radius 3 is 2.82 bits per heavy atom. The smallest absolute Gasteiger partial charge is 0.0705 e. The molecule has 1 fully saturated rings. The molecule has 1 aliphatic rings. The van der Waals surface area contributed by atoms with Crippen LogP contribution in [0.1, 0.15) is 31.4 Å². The molecule has 2 heteroatoms. The lowest BCUT2D eigenvalue weighted by Crippen LogP contribution is -2.20. The molecule has 1 aromatic heterocycles. The van der Waals surface area contributed by atoms with Gasteiger partial charge in [-0.1, -0.05) is 25.1 Å². The van der Waals surface area contributed by atoms with E-state index in [2.05, 4.69) is 30.1 Å². The minimum atomic E-state index is 0.135. The van der Waals surface area contributed by atoms with E-state index in [-0.39, 0.29) is 6.04 Å². The molecular weight excluding hydrogens is 208 g/mol. The Labute approximate surface area is 102 Å². The van der Waals surface area contributed by atoms with Gasteiger partial charge >= 0.3 is 0 Å². The van der Waals surface area contributed by atoms with Crippen LogP contribution in [0.15, 0.2) is 36.5 Å². The number of hydrogen-bond acceptors (Lipinski definition) is 2. The molecule has 2 atom stereocenters. The van der Waals surface area contributed by atoms with Crippen molar-refractivity contribution in [3.63, 3.8) is 0 Å². The lowest BCUT2D eigenvalue weighted by atomic mass is 9.89. The fourth-order valence-electron chi connectivity index (χ4n) is 2.62. The number of nitrogens with zero attached hydrogens (tertiary/aromatic N) is 1. The van der Waals surface area contributed by atoms with Gasteiger partial charge in [0.15, 0.2) is 0 Å². The summed E-state index contributed by atoms with van der Waals surface area (Å²) in [5.41, 5.74) is 8.71. The van der Waals surface area contributed by atoms with Crippen molar-refractivity contribution in [2.45, 2.75) is 25.8 Å². The molecule has 1 aliphatic carbocycles. The van der Waals surface area contributed by atoms with Gasteiger partial charge in [-0.3, -0.25) is 4.98 Å². The lowest BCUT2D eigenvalue weighted by Gasteiger charge is -2.21. The van der Waals surface area contributed by atoms with E-state index in [4.69, 9.17) is 5.73 Å². The van der Waals surface area contributed by atoms with Crippen molar-refractivity contribution in [2.75, 3.05) is 0 Å². The highest BCUT2D eigenvalue weighted by molar-refractivity contribution is 5.82. The highest BCUT2D eigenvalue weighted by Crippen LogP contribution is 2.42. The maximum Gasteiger partial charge on any atom is 0.0705 e. The quantitative estimate of drug-likeness (QED) is 0.872. The lowest BCUT2D eigenvalue weighted by molar-refractivity contribution is 0.419. The first-order valence-electron chi connectivity index (χ1n) is 6.36. The molecule has 1 aromatic carbocycles. The van der Waals surface area contributed by atoms with Crippen molar-refractivity contribution in [1.82, 2.24) is 4.98 Å². The molecule has 2 aromatic rings. The number of nitrogens with two attached hydrogens (primary N) is 1. The van der Waals surface area contributed by atoms with Crippen LogP contribution in [0.25, 0.3) is 10.9 Å². The van der Waals surface area contributed by atoms with E-state index in [1.54, 1.807) is 0 Å². The summed E-state index contributed by atoms with van der Waals surface area (Å²) in [5, 5.41) is 1.20. The van der Waals surface area contributed by atoms with Gasteiger partial charge < -0.3 is 5.73 Å². The van der Waals surface area contributed by atoms with Gasteiger partial charge in [0.1, 0.15) is 0 Å². The summed E-state index contributed by atoms with van der Waals surface area (Å²) in [5.74, 6) is 1.40. The monoisotopic (exact) mass is 226 g/mol. The highest BCUT2D eigenvalue weighted by atomic mass is 14.7. The van der Waals surface area contributed by atoms with Crippen LogP contribution in [0, 0.1) is 11.8 Å². The molecule has 0 aliphatic heterocycles. The van der Waals surface area contributed by atoms with Crippen LogP contribution in [0.3, 0.4) is 0 Å². The predicted octanol–water partition coefficient (Wildman–Crippen LogP) is 3.28. The van der Waals surface area contributed by atoms with Gasteiger partial charge in [0.25, 0.3) is 0 Å². The molecule has 1 heterocycles. The van der Waals surface area contributed by atoms with E-state index in [1.807, 2.05) is 18.3 Å². The maximum atomic E-state index is 6.42. The average molecular weight is 226 g/mol. The van der Waals surface area contributed by atoms with Crippen LogP contribution >= 0.6 is 0 Å². The van der Waals surface area contributed by atoms with Gasteiger partial charge in [0.05, 0.1) is 5.52 Å². The number of aromatic nitrogens is 1. The number of benzene rings is 1. The van der Waals surface area contributed by atoms with Crippen molar-refractivity contribution in [2.24, 2.45) is 17.6 Å². The molecule has 0 saturated heterocycles. The van der Waals surface area contributed by atoms with E-state index < -0.39 is 0 Å². The van der Waals surface area contributed by atoms with Crippen LogP contribution in [-0.2, 0) is 0 Å². The van der Waals surface area contributed by atoms with E-state index in [0.29, 0.717) is 5.92 Å². The molecule has 0 spiro atoms. The summed E-state index contributed by atoms with van der Waals surface area (Å²) < 4.78 is 0. The summed E-state index contributed by atoms with van der Waals surface area (Å²) in [6.07, 6.45) is 4.53. The molecule has 88 valence electrons. The van der Waals surface area contributed by atoms with Crippen molar-refractivity contribution >= 4 is 10.9 Å². The molecule has 2 nitrogen and oxygen atoms in total. The van der Waals surface area contributed by atoms with Crippen molar-refractivity contribution in [1.29, 1.82) is 0 Å². The summed E-state index contributed by atoms with van der Waals surface area (Å²) in [6, 6.07) is 10.5. The summed E-state index contributed by atoms with van der Waals surface area (Å²) >= 11 is 0. The first kappa shape index (κ1) is 10.7. The molecular formula is C15H18N2. The first-order chi connectivity index (χ1) is 8.27. The van der Waals surface area contributed by atoms with Crippen LogP contribution in [0.4, 0.5) is 0 Å². The molecule has 0 bridgehead atoms. The van der Waals surface area contributed by atoms with Crippen LogP contribution in [-0.4, -0.2) is 4.98 Å². The van der Waals surface area contributed by atoms with Crippen LogP contribution < -0.4 is 5.73 Å². The first-order valence-corrected chi connectivity index (χ1v) is 6.36.